The Morgan fingerprint density at radius 3 is 2.70 bits per heavy atom. The number of aliphatic carboxylic acids is 1. The lowest BCUT2D eigenvalue weighted by Gasteiger charge is -2.16. The second-order valence-corrected chi connectivity index (χ2v) is 2.43. The molecule has 0 radical (unpaired) electrons. The van der Waals surface area contributed by atoms with E-state index < -0.39 is 11.5 Å². The molecular formula is C7H11NO2. The molecule has 0 spiro atoms. The number of terminal acetylenes is 1. The standard InChI is InChI=1S/C7H11NO2/c1-3-4-5-7(2,8)6(9)10/h1H,4-5,8H2,2H3,(H,9,10)/t7-/m1/s1. The molecule has 0 aliphatic heterocycles. The van der Waals surface area contributed by atoms with Gasteiger partial charge < -0.3 is 10.8 Å². The summed E-state index contributed by atoms with van der Waals surface area (Å²) < 4.78 is 0. The quantitative estimate of drug-likeness (QED) is 0.552. The maximum Gasteiger partial charge on any atom is 0.323 e. The molecule has 3 heteroatoms. The molecular weight excluding hydrogens is 130 g/mol. The maximum absolute atomic E-state index is 10.3. The Kier molecular flexibility index (Phi) is 2.91. The van der Waals surface area contributed by atoms with Crippen LogP contribution in [0, 0.1) is 12.3 Å². The molecule has 3 nitrogen and oxygen atoms in total. The van der Waals surface area contributed by atoms with E-state index in [9.17, 15) is 4.79 Å². The van der Waals surface area contributed by atoms with Gasteiger partial charge >= 0.3 is 5.97 Å². The second-order valence-electron chi connectivity index (χ2n) is 2.43. The molecule has 3 N–H and O–H groups in total. The summed E-state index contributed by atoms with van der Waals surface area (Å²) in [6.07, 6.45) is 5.66. The molecule has 0 rings (SSSR count). The fourth-order valence-corrected chi connectivity index (χ4v) is 0.439. The van der Waals surface area contributed by atoms with Crippen molar-refractivity contribution >= 4 is 5.97 Å². The highest BCUT2D eigenvalue weighted by Gasteiger charge is 2.26. The van der Waals surface area contributed by atoms with E-state index in [2.05, 4.69) is 5.92 Å². The number of hydrogen-bond donors (Lipinski definition) is 2. The lowest BCUT2D eigenvalue weighted by Crippen LogP contribution is -2.44. The summed E-state index contributed by atoms with van der Waals surface area (Å²) >= 11 is 0. The van der Waals surface area contributed by atoms with Crippen LogP contribution in [0.15, 0.2) is 0 Å². The summed E-state index contributed by atoms with van der Waals surface area (Å²) in [7, 11) is 0. The second kappa shape index (κ2) is 3.23. The minimum atomic E-state index is -1.17. The third-order valence-electron chi connectivity index (χ3n) is 1.28. The number of rotatable bonds is 3. The maximum atomic E-state index is 10.3. The first-order valence-electron chi connectivity index (χ1n) is 2.96. The number of hydrogen-bond acceptors (Lipinski definition) is 2. The molecule has 0 fully saturated rings. The van der Waals surface area contributed by atoms with Crippen molar-refractivity contribution in [2.75, 3.05) is 0 Å². The van der Waals surface area contributed by atoms with E-state index >= 15 is 0 Å². The number of nitrogens with two attached hydrogens (primary N) is 1. The summed E-state index contributed by atoms with van der Waals surface area (Å²) in [6.45, 7) is 1.45. The van der Waals surface area contributed by atoms with E-state index in [0.29, 0.717) is 12.8 Å². The van der Waals surface area contributed by atoms with Crippen LogP contribution in [0.3, 0.4) is 0 Å². The van der Waals surface area contributed by atoms with Crippen molar-refractivity contribution < 1.29 is 9.90 Å². The highest BCUT2D eigenvalue weighted by molar-refractivity contribution is 5.77. The van der Waals surface area contributed by atoms with Crippen molar-refractivity contribution in [3.8, 4) is 12.3 Å². The van der Waals surface area contributed by atoms with Gasteiger partial charge in [-0.15, -0.1) is 12.3 Å². The van der Waals surface area contributed by atoms with Gasteiger partial charge in [-0.05, 0) is 13.3 Å². The van der Waals surface area contributed by atoms with Crippen LogP contribution in [-0.4, -0.2) is 16.6 Å². The van der Waals surface area contributed by atoms with Gasteiger partial charge in [0.2, 0.25) is 0 Å². The van der Waals surface area contributed by atoms with Gasteiger partial charge in [0.1, 0.15) is 5.54 Å². The number of carbonyl (C=O) groups is 1. The predicted octanol–water partition coefficient (Wildman–Crippen LogP) is 0.202. The van der Waals surface area contributed by atoms with Gasteiger partial charge in [0, 0.05) is 6.42 Å². The van der Waals surface area contributed by atoms with Crippen LogP contribution in [0.25, 0.3) is 0 Å². The van der Waals surface area contributed by atoms with E-state index in [1.807, 2.05) is 0 Å². The average molecular weight is 141 g/mol. The van der Waals surface area contributed by atoms with Gasteiger partial charge in [-0.2, -0.15) is 0 Å². The van der Waals surface area contributed by atoms with Crippen molar-refractivity contribution in [2.45, 2.75) is 25.3 Å². The summed E-state index contributed by atoms with van der Waals surface area (Å²) in [6, 6.07) is 0. The molecule has 0 aliphatic rings. The molecule has 0 aliphatic carbocycles. The van der Waals surface area contributed by atoms with Gasteiger partial charge in [0.25, 0.3) is 0 Å². The molecule has 0 amide bonds. The average Bonchev–Trinajstić information content (AvgIpc) is 1.84. The molecule has 0 aromatic rings. The molecule has 0 saturated carbocycles. The van der Waals surface area contributed by atoms with E-state index in [1.54, 1.807) is 0 Å². The highest BCUT2D eigenvalue weighted by atomic mass is 16.4. The van der Waals surface area contributed by atoms with Crippen molar-refractivity contribution in [1.29, 1.82) is 0 Å². The largest absolute Gasteiger partial charge is 0.480 e. The van der Waals surface area contributed by atoms with Crippen LogP contribution >= 0.6 is 0 Å². The molecule has 0 heterocycles. The third-order valence-corrected chi connectivity index (χ3v) is 1.28. The predicted molar refractivity (Wildman–Crippen MR) is 38.3 cm³/mol. The Morgan fingerprint density at radius 1 is 1.90 bits per heavy atom. The zero-order chi connectivity index (χ0) is 8.20. The molecule has 0 saturated heterocycles. The normalized spacial score (nSPS) is 15.3. The Balaban J connectivity index is 3.90. The number of carboxylic acid groups (broad SMARTS) is 1. The Labute approximate surface area is 60.2 Å². The lowest BCUT2D eigenvalue weighted by atomic mass is 9.98. The molecule has 56 valence electrons. The SMILES string of the molecule is C#CCC[C@@](C)(N)C(=O)O. The van der Waals surface area contributed by atoms with Crippen LogP contribution in [0.4, 0.5) is 0 Å². The van der Waals surface area contributed by atoms with Crippen LogP contribution in [-0.2, 0) is 4.79 Å². The van der Waals surface area contributed by atoms with Gasteiger partial charge in [-0.1, -0.05) is 0 Å². The zero-order valence-electron chi connectivity index (χ0n) is 5.92. The first-order chi connectivity index (χ1) is 4.50. The van der Waals surface area contributed by atoms with Crippen molar-refractivity contribution in [2.24, 2.45) is 5.73 Å². The third kappa shape index (κ3) is 2.51. The van der Waals surface area contributed by atoms with Gasteiger partial charge in [0.05, 0.1) is 0 Å². The van der Waals surface area contributed by atoms with Crippen LogP contribution < -0.4 is 5.73 Å². The zero-order valence-corrected chi connectivity index (χ0v) is 5.92. The summed E-state index contributed by atoms with van der Waals surface area (Å²) in [5.74, 6) is 1.32. The highest BCUT2D eigenvalue weighted by Crippen LogP contribution is 2.07. The van der Waals surface area contributed by atoms with E-state index in [0.717, 1.165) is 0 Å². The van der Waals surface area contributed by atoms with Gasteiger partial charge in [-0.25, -0.2) is 0 Å². The van der Waals surface area contributed by atoms with E-state index in [-0.39, 0.29) is 0 Å². The monoisotopic (exact) mass is 141 g/mol. The topological polar surface area (TPSA) is 63.3 Å². The minimum absolute atomic E-state index is 0.318. The summed E-state index contributed by atoms with van der Waals surface area (Å²) in [5.41, 5.74) is 4.18. The van der Waals surface area contributed by atoms with Crippen molar-refractivity contribution in [3.05, 3.63) is 0 Å². The van der Waals surface area contributed by atoms with Gasteiger partial charge in [0.15, 0.2) is 0 Å². The molecule has 10 heavy (non-hydrogen) atoms. The molecule has 0 aromatic carbocycles. The Hall–Kier alpha value is -1.01. The number of carboxylic acids is 1. The molecule has 0 unspecified atom stereocenters. The lowest BCUT2D eigenvalue weighted by molar-refractivity contribution is -0.142. The van der Waals surface area contributed by atoms with Crippen molar-refractivity contribution in [3.63, 3.8) is 0 Å². The van der Waals surface area contributed by atoms with Gasteiger partial charge in [-0.3, -0.25) is 4.79 Å². The first-order valence-corrected chi connectivity index (χ1v) is 2.96. The summed E-state index contributed by atoms with van der Waals surface area (Å²) in [5, 5.41) is 8.47. The van der Waals surface area contributed by atoms with Crippen molar-refractivity contribution in [1.82, 2.24) is 0 Å². The molecule has 0 aromatic heterocycles. The van der Waals surface area contributed by atoms with E-state index in [1.165, 1.54) is 6.92 Å². The fourth-order valence-electron chi connectivity index (χ4n) is 0.439. The van der Waals surface area contributed by atoms with Crippen LogP contribution in [0.2, 0.25) is 0 Å². The van der Waals surface area contributed by atoms with Crippen LogP contribution in [0.1, 0.15) is 19.8 Å². The Bertz CT molecular complexity index is 167. The fraction of sp³-hybridized carbons (Fsp3) is 0.571. The van der Waals surface area contributed by atoms with E-state index in [4.69, 9.17) is 17.3 Å². The first kappa shape index (κ1) is 8.99. The minimum Gasteiger partial charge on any atom is -0.480 e. The molecule has 1 atom stereocenters. The summed E-state index contributed by atoms with van der Waals surface area (Å²) in [4.78, 5) is 10.3. The van der Waals surface area contributed by atoms with Crippen LogP contribution in [0.5, 0.6) is 0 Å². The Morgan fingerprint density at radius 2 is 2.40 bits per heavy atom. The smallest absolute Gasteiger partial charge is 0.323 e. The molecule has 0 bridgehead atoms.